The van der Waals surface area contributed by atoms with Crippen molar-refractivity contribution in [3.05, 3.63) is 11.6 Å². The summed E-state index contributed by atoms with van der Waals surface area (Å²) in [7, 11) is 0. The average Bonchev–Trinajstić information content (AvgIpc) is 2.89. The van der Waals surface area contributed by atoms with Crippen molar-refractivity contribution in [2.24, 2.45) is 34.5 Å². The van der Waals surface area contributed by atoms with Crippen LogP contribution in [0.15, 0.2) is 11.6 Å². The Labute approximate surface area is 151 Å². The van der Waals surface area contributed by atoms with Gasteiger partial charge in [-0.15, -0.1) is 0 Å². The van der Waals surface area contributed by atoms with Crippen LogP contribution in [0.4, 0.5) is 8.78 Å². The van der Waals surface area contributed by atoms with Crippen LogP contribution < -0.4 is 0 Å². The lowest BCUT2D eigenvalue weighted by Crippen LogP contribution is -2.59. The van der Waals surface area contributed by atoms with E-state index in [-0.39, 0.29) is 17.3 Å². The van der Waals surface area contributed by atoms with Crippen molar-refractivity contribution < 1.29 is 13.9 Å². The van der Waals surface area contributed by atoms with Gasteiger partial charge in [-0.2, -0.15) is 0 Å². The Morgan fingerprint density at radius 2 is 1.80 bits per heavy atom. The van der Waals surface area contributed by atoms with E-state index in [0.29, 0.717) is 31.1 Å². The molecule has 4 fully saturated rings. The van der Waals surface area contributed by atoms with Crippen LogP contribution in [-0.2, 0) is 0 Å². The van der Waals surface area contributed by atoms with Crippen LogP contribution >= 0.6 is 0 Å². The molecule has 0 aromatic rings. The predicted molar refractivity (Wildman–Crippen MR) is 96.4 cm³/mol. The minimum absolute atomic E-state index is 0.00412. The third kappa shape index (κ3) is 2.40. The van der Waals surface area contributed by atoms with Gasteiger partial charge in [0, 0.05) is 5.41 Å². The van der Waals surface area contributed by atoms with Gasteiger partial charge in [-0.25, -0.2) is 8.78 Å². The van der Waals surface area contributed by atoms with Crippen LogP contribution in [-0.4, -0.2) is 17.1 Å². The number of fused-ring (bicyclic) bond motifs is 5. The first kappa shape index (κ1) is 17.9. The second kappa shape index (κ2) is 5.78. The van der Waals surface area contributed by atoms with Gasteiger partial charge in [0.15, 0.2) is 0 Å². The summed E-state index contributed by atoms with van der Waals surface area (Å²) < 4.78 is 29.1. The molecule has 0 radical (unpaired) electrons. The Kier molecular flexibility index (Phi) is 4.15. The van der Waals surface area contributed by atoms with Gasteiger partial charge in [-0.1, -0.05) is 18.6 Å². The van der Waals surface area contributed by atoms with Gasteiger partial charge in [0.05, 0.1) is 5.60 Å². The molecule has 1 unspecified atom stereocenters. The SMILES string of the molecule is C/C=C1\CC[C@H]2[C@@H]3CCC4C[C@](C)(O)CC[C@]4(C(F)F)[C@H]3CC[C@]12C. The summed E-state index contributed by atoms with van der Waals surface area (Å²) in [5, 5.41) is 10.5. The summed E-state index contributed by atoms with van der Waals surface area (Å²) in [6, 6.07) is 0. The molecule has 4 aliphatic rings. The average molecular weight is 353 g/mol. The molecule has 1 N–H and O–H groups in total. The fraction of sp³-hybridized carbons (Fsp3) is 0.909. The number of halogens is 2. The molecule has 0 saturated heterocycles. The van der Waals surface area contributed by atoms with Crippen molar-refractivity contribution >= 4 is 0 Å². The van der Waals surface area contributed by atoms with Crippen molar-refractivity contribution in [2.75, 3.05) is 0 Å². The number of hydrogen-bond donors (Lipinski definition) is 1. The van der Waals surface area contributed by atoms with Gasteiger partial charge in [0.25, 0.3) is 0 Å². The topological polar surface area (TPSA) is 20.2 Å². The van der Waals surface area contributed by atoms with Crippen LogP contribution in [0.25, 0.3) is 0 Å². The summed E-state index contributed by atoms with van der Waals surface area (Å²) in [5.41, 5.74) is 0.262. The zero-order valence-electron chi connectivity index (χ0n) is 16.0. The summed E-state index contributed by atoms with van der Waals surface area (Å²) in [6.45, 7) is 6.40. The van der Waals surface area contributed by atoms with E-state index < -0.39 is 17.4 Å². The highest BCUT2D eigenvalue weighted by Crippen LogP contribution is 2.69. The van der Waals surface area contributed by atoms with E-state index in [1.165, 1.54) is 12.8 Å². The molecule has 7 atom stereocenters. The molecule has 4 aliphatic carbocycles. The maximum absolute atomic E-state index is 14.6. The fourth-order valence-electron chi connectivity index (χ4n) is 7.89. The Morgan fingerprint density at radius 1 is 1.04 bits per heavy atom. The van der Waals surface area contributed by atoms with E-state index in [0.717, 1.165) is 25.7 Å². The number of allylic oxidation sites excluding steroid dienone is 2. The highest BCUT2D eigenvalue weighted by Gasteiger charge is 2.64. The van der Waals surface area contributed by atoms with E-state index in [9.17, 15) is 13.9 Å². The minimum atomic E-state index is -2.24. The van der Waals surface area contributed by atoms with Gasteiger partial charge < -0.3 is 5.11 Å². The first-order chi connectivity index (χ1) is 11.7. The van der Waals surface area contributed by atoms with Crippen molar-refractivity contribution in [1.82, 2.24) is 0 Å². The predicted octanol–water partition coefficient (Wildman–Crippen LogP) is 5.97. The molecule has 4 rings (SSSR count). The second-order valence-corrected chi connectivity index (χ2v) is 10.1. The number of alkyl halides is 2. The second-order valence-electron chi connectivity index (χ2n) is 10.1. The van der Waals surface area contributed by atoms with Gasteiger partial charge in [0.1, 0.15) is 0 Å². The molecule has 0 amide bonds. The Balaban J connectivity index is 1.69. The zero-order chi connectivity index (χ0) is 18.0. The molecule has 0 aromatic heterocycles. The van der Waals surface area contributed by atoms with Crippen molar-refractivity contribution in [3.63, 3.8) is 0 Å². The van der Waals surface area contributed by atoms with Crippen molar-refractivity contribution in [1.29, 1.82) is 0 Å². The van der Waals surface area contributed by atoms with Gasteiger partial charge in [-0.3, -0.25) is 0 Å². The van der Waals surface area contributed by atoms with Gasteiger partial charge in [-0.05, 0) is 101 Å². The highest BCUT2D eigenvalue weighted by atomic mass is 19.3. The van der Waals surface area contributed by atoms with Crippen molar-refractivity contribution in [3.8, 4) is 0 Å². The summed E-state index contributed by atoms with van der Waals surface area (Å²) in [5.74, 6) is 1.22. The number of rotatable bonds is 1. The molecule has 1 nitrogen and oxygen atoms in total. The van der Waals surface area contributed by atoms with Crippen LogP contribution in [0.2, 0.25) is 0 Å². The standard InChI is InChI=1S/C22H34F2O/c1-4-14-6-8-17-16-7-5-15-13-20(2,25)11-12-22(15,19(23)24)18(16)9-10-21(14,17)3/h4,15-19,25H,5-13H2,1-3H3/b14-4+/t15?,16-,17-,18-,20+,21+,22+/m0/s1. The van der Waals surface area contributed by atoms with Gasteiger partial charge >= 0.3 is 0 Å². The van der Waals surface area contributed by atoms with Crippen LogP contribution in [0.3, 0.4) is 0 Å². The lowest BCUT2D eigenvalue weighted by Gasteiger charge is -2.62. The molecule has 0 spiro atoms. The molecule has 25 heavy (non-hydrogen) atoms. The van der Waals surface area contributed by atoms with Gasteiger partial charge in [0.2, 0.25) is 6.43 Å². The summed E-state index contributed by atoms with van der Waals surface area (Å²) in [6.07, 6.45) is 8.07. The highest BCUT2D eigenvalue weighted by molar-refractivity contribution is 5.24. The smallest absolute Gasteiger partial charge is 0.244 e. The Bertz CT molecular complexity index is 568. The molecule has 0 bridgehead atoms. The molecule has 4 saturated carbocycles. The largest absolute Gasteiger partial charge is 0.390 e. The van der Waals surface area contributed by atoms with E-state index in [2.05, 4.69) is 19.9 Å². The molecule has 3 heteroatoms. The van der Waals surface area contributed by atoms with E-state index >= 15 is 0 Å². The first-order valence-corrected chi connectivity index (χ1v) is 10.4. The van der Waals surface area contributed by atoms with Crippen LogP contribution in [0.5, 0.6) is 0 Å². The quantitative estimate of drug-likeness (QED) is 0.576. The lowest BCUT2D eigenvalue weighted by molar-refractivity contribution is -0.203. The number of hydrogen-bond acceptors (Lipinski definition) is 1. The first-order valence-electron chi connectivity index (χ1n) is 10.4. The Morgan fingerprint density at radius 3 is 2.48 bits per heavy atom. The minimum Gasteiger partial charge on any atom is -0.390 e. The molecule has 0 aliphatic heterocycles. The number of aliphatic hydroxyl groups is 1. The van der Waals surface area contributed by atoms with Crippen molar-refractivity contribution in [2.45, 2.75) is 90.6 Å². The lowest BCUT2D eigenvalue weighted by atomic mass is 9.43. The third-order valence-electron chi connectivity index (χ3n) is 9.12. The third-order valence-corrected chi connectivity index (χ3v) is 9.12. The summed E-state index contributed by atoms with van der Waals surface area (Å²) >= 11 is 0. The molecule has 142 valence electrons. The molecular formula is C22H34F2O. The van der Waals surface area contributed by atoms with E-state index in [4.69, 9.17) is 0 Å². The van der Waals surface area contributed by atoms with Crippen LogP contribution in [0, 0.1) is 34.5 Å². The Hall–Kier alpha value is -0.440. The molecule has 0 heterocycles. The molecule has 0 aromatic carbocycles. The fourth-order valence-corrected chi connectivity index (χ4v) is 7.89. The zero-order valence-corrected chi connectivity index (χ0v) is 16.0. The van der Waals surface area contributed by atoms with E-state index in [1.54, 1.807) is 5.57 Å². The molecular weight excluding hydrogens is 318 g/mol. The maximum atomic E-state index is 14.6. The normalized spacial score (nSPS) is 54.3. The maximum Gasteiger partial charge on any atom is 0.244 e. The monoisotopic (exact) mass is 352 g/mol. The van der Waals surface area contributed by atoms with Crippen LogP contribution in [0.1, 0.15) is 78.6 Å². The van der Waals surface area contributed by atoms with E-state index in [1.807, 2.05) is 6.92 Å². The summed E-state index contributed by atoms with van der Waals surface area (Å²) in [4.78, 5) is 0.